The molecule has 0 amide bonds. The molecule has 2 saturated carbocycles. The van der Waals surface area contributed by atoms with Crippen LogP contribution in [-0.2, 0) is 28.6 Å². The molecule has 1 aliphatic heterocycles. The molecule has 1 heterocycles. The summed E-state index contributed by atoms with van der Waals surface area (Å²) in [5, 5.41) is 0. The molecular formula is C22H30O6. The van der Waals surface area contributed by atoms with Gasteiger partial charge in [-0.2, -0.15) is 0 Å². The summed E-state index contributed by atoms with van der Waals surface area (Å²) < 4.78 is 15.4. The van der Waals surface area contributed by atoms with E-state index in [1.807, 2.05) is 6.92 Å². The van der Waals surface area contributed by atoms with E-state index in [1.165, 1.54) is 14.2 Å². The Morgan fingerprint density at radius 1 is 1.25 bits per heavy atom. The predicted octanol–water partition coefficient (Wildman–Crippen LogP) is 3.35. The Morgan fingerprint density at radius 3 is 2.57 bits per heavy atom. The van der Waals surface area contributed by atoms with Gasteiger partial charge in [-0.05, 0) is 63.4 Å². The number of fused-ring (bicyclic) bond motifs is 1. The second kappa shape index (κ2) is 7.72. The number of ether oxygens (including phenoxy) is 3. The topological polar surface area (TPSA) is 78.9 Å². The van der Waals surface area contributed by atoms with E-state index in [-0.39, 0.29) is 29.7 Å². The lowest BCUT2D eigenvalue weighted by Gasteiger charge is -2.56. The summed E-state index contributed by atoms with van der Waals surface area (Å²) in [6, 6.07) is 0. The Bertz CT molecular complexity index is 723. The zero-order chi connectivity index (χ0) is 20.5. The number of methoxy groups -OCH3 is 2. The van der Waals surface area contributed by atoms with Crippen molar-refractivity contribution in [3.05, 3.63) is 23.8 Å². The fourth-order valence-electron chi connectivity index (χ4n) is 5.94. The molecule has 28 heavy (non-hydrogen) atoms. The van der Waals surface area contributed by atoms with Gasteiger partial charge in [-0.15, -0.1) is 0 Å². The molecule has 3 rings (SSSR count). The van der Waals surface area contributed by atoms with E-state index >= 15 is 0 Å². The minimum atomic E-state index is -0.811. The van der Waals surface area contributed by atoms with Crippen molar-refractivity contribution in [2.24, 2.45) is 22.7 Å². The van der Waals surface area contributed by atoms with Gasteiger partial charge in [0.25, 0.3) is 0 Å². The van der Waals surface area contributed by atoms with Crippen LogP contribution < -0.4 is 0 Å². The third-order valence-electron chi connectivity index (χ3n) is 7.27. The minimum absolute atomic E-state index is 0.141. The monoisotopic (exact) mass is 390 g/mol. The highest BCUT2D eigenvalue weighted by molar-refractivity contribution is 5.90. The number of carbonyl (C=O) groups is 3. The van der Waals surface area contributed by atoms with Gasteiger partial charge in [0.1, 0.15) is 6.61 Å². The van der Waals surface area contributed by atoms with E-state index in [2.05, 4.69) is 6.58 Å². The highest BCUT2D eigenvalue weighted by Crippen LogP contribution is 2.63. The second-order valence-corrected chi connectivity index (χ2v) is 8.46. The summed E-state index contributed by atoms with van der Waals surface area (Å²) >= 11 is 0. The molecule has 2 fully saturated rings. The molecule has 0 bridgehead atoms. The number of hydrogen-bond acceptors (Lipinski definition) is 6. The second-order valence-electron chi connectivity index (χ2n) is 8.46. The fourth-order valence-corrected chi connectivity index (χ4v) is 5.94. The van der Waals surface area contributed by atoms with Crippen LogP contribution >= 0.6 is 0 Å². The molecular weight excluding hydrogens is 360 g/mol. The zero-order valence-corrected chi connectivity index (χ0v) is 17.0. The molecule has 0 unspecified atom stereocenters. The van der Waals surface area contributed by atoms with Crippen LogP contribution in [0.4, 0.5) is 0 Å². The van der Waals surface area contributed by atoms with Crippen LogP contribution in [0.15, 0.2) is 23.8 Å². The van der Waals surface area contributed by atoms with Gasteiger partial charge in [0.05, 0.1) is 25.0 Å². The summed E-state index contributed by atoms with van der Waals surface area (Å²) in [5.41, 5.74) is 0.115. The molecule has 2 aliphatic carbocycles. The molecule has 0 saturated heterocycles. The van der Waals surface area contributed by atoms with E-state index in [0.29, 0.717) is 44.3 Å². The van der Waals surface area contributed by atoms with Crippen LogP contribution in [-0.4, -0.2) is 38.7 Å². The largest absolute Gasteiger partial charge is 0.469 e. The van der Waals surface area contributed by atoms with E-state index in [4.69, 9.17) is 14.2 Å². The van der Waals surface area contributed by atoms with Gasteiger partial charge in [0.15, 0.2) is 0 Å². The number of carbonyl (C=O) groups excluding carboxylic acids is 3. The maximum atomic E-state index is 13.2. The normalized spacial score (nSPS) is 34.9. The number of hydrogen-bond donors (Lipinski definition) is 0. The predicted molar refractivity (Wildman–Crippen MR) is 102 cm³/mol. The molecule has 6 nitrogen and oxygen atoms in total. The quantitative estimate of drug-likeness (QED) is 0.407. The van der Waals surface area contributed by atoms with Crippen LogP contribution in [0, 0.1) is 22.7 Å². The summed E-state index contributed by atoms with van der Waals surface area (Å²) in [6.45, 7) is 6.50. The van der Waals surface area contributed by atoms with E-state index in [1.54, 1.807) is 6.08 Å². The average molecular weight is 390 g/mol. The van der Waals surface area contributed by atoms with Gasteiger partial charge in [-0.25, -0.2) is 4.79 Å². The lowest BCUT2D eigenvalue weighted by atomic mass is 9.45. The smallest absolute Gasteiger partial charge is 0.334 e. The van der Waals surface area contributed by atoms with Crippen molar-refractivity contribution in [3.8, 4) is 0 Å². The van der Waals surface area contributed by atoms with Crippen molar-refractivity contribution in [2.45, 2.75) is 51.9 Å². The maximum absolute atomic E-state index is 13.2. The van der Waals surface area contributed by atoms with Crippen LogP contribution in [0.3, 0.4) is 0 Å². The van der Waals surface area contributed by atoms with Gasteiger partial charge in [-0.3, -0.25) is 9.59 Å². The van der Waals surface area contributed by atoms with Crippen LogP contribution in [0.2, 0.25) is 0 Å². The van der Waals surface area contributed by atoms with Crippen molar-refractivity contribution in [2.75, 3.05) is 20.8 Å². The van der Waals surface area contributed by atoms with Crippen LogP contribution in [0.1, 0.15) is 51.9 Å². The standard InChI is InChI=1S/C22H30O6/c1-14-6-9-17-21(2,19(24)26-3)11-5-12-22(17,20(25)27-4)16(14)8-7-15-10-13-28-18(15)23/h10,16-17H,1,5-9,11-13H2,2-4H3/t16-,17-,21-,22-/m0/s1. The average Bonchev–Trinajstić information content (AvgIpc) is 3.10. The Balaban J connectivity index is 1.99. The van der Waals surface area contributed by atoms with Crippen LogP contribution in [0.25, 0.3) is 0 Å². The Kier molecular flexibility index (Phi) is 5.69. The Morgan fingerprint density at radius 2 is 1.96 bits per heavy atom. The molecule has 0 aromatic heterocycles. The Hall–Kier alpha value is -2.11. The maximum Gasteiger partial charge on any atom is 0.334 e. The zero-order valence-electron chi connectivity index (χ0n) is 17.0. The Labute approximate surface area is 166 Å². The van der Waals surface area contributed by atoms with Gasteiger partial charge < -0.3 is 14.2 Å². The third kappa shape index (κ3) is 3.07. The van der Waals surface area contributed by atoms with E-state index in [0.717, 1.165) is 18.4 Å². The third-order valence-corrected chi connectivity index (χ3v) is 7.27. The molecule has 0 spiro atoms. The number of esters is 3. The highest BCUT2D eigenvalue weighted by atomic mass is 16.5. The van der Waals surface area contributed by atoms with E-state index < -0.39 is 10.8 Å². The van der Waals surface area contributed by atoms with Crippen molar-refractivity contribution in [3.63, 3.8) is 0 Å². The van der Waals surface area contributed by atoms with E-state index in [9.17, 15) is 14.4 Å². The van der Waals surface area contributed by atoms with Crippen LogP contribution in [0.5, 0.6) is 0 Å². The first-order valence-corrected chi connectivity index (χ1v) is 10.0. The highest BCUT2D eigenvalue weighted by Gasteiger charge is 2.64. The molecule has 0 aromatic carbocycles. The van der Waals surface area contributed by atoms with Gasteiger partial charge in [-0.1, -0.05) is 18.6 Å². The van der Waals surface area contributed by atoms with Crippen molar-refractivity contribution >= 4 is 17.9 Å². The first kappa shape index (κ1) is 20.6. The molecule has 4 atom stereocenters. The lowest BCUT2D eigenvalue weighted by Crippen LogP contribution is -2.58. The molecule has 154 valence electrons. The summed E-state index contributed by atoms with van der Waals surface area (Å²) in [4.78, 5) is 37.8. The van der Waals surface area contributed by atoms with Gasteiger partial charge >= 0.3 is 17.9 Å². The summed E-state index contributed by atoms with van der Waals surface area (Å²) in [5.74, 6) is -1.14. The molecule has 0 N–H and O–H groups in total. The fraction of sp³-hybridized carbons (Fsp3) is 0.682. The first-order chi connectivity index (χ1) is 13.3. The molecule has 3 aliphatic rings. The van der Waals surface area contributed by atoms with Crippen molar-refractivity contribution in [1.29, 1.82) is 0 Å². The number of rotatable bonds is 5. The number of cyclic esters (lactones) is 1. The molecule has 0 radical (unpaired) electrons. The number of allylic oxidation sites excluding steroid dienone is 1. The summed E-state index contributed by atoms with van der Waals surface area (Å²) in [7, 11) is 2.81. The van der Waals surface area contributed by atoms with Gasteiger partial charge in [0, 0.05) is 5.57 Å². The van der Waals surface area contributed by atoms with Crippen molar-refractivity contribution < 1.29 is 28.6 Å². The van der Waals surface area contributed by atoms with Gasteiger partial charge in [0.2, 0.25) is 0 Å². The van der Waals surface area contributed by atoms with Crippen molar-refractivity contribution in [1.82, 2.24) is 0 Å². The lowest BCUT2D eigenvalue weighted by molar-refractivity contribution is -0.185. The first-order valence-electron chi connectivity index (χ1n) is 10.0. The minimum Gasteiger partial charge on any atom is -0.469 e. The molecule has 6 heteroatoms. The summed E-state index contributed by atoms with van der Waals surface area (Å²) in [6.07, 6.45) is 6.50. The SMILES string of the molecule is C=C1CC[C@@H]2[C@](C(=O)OC)(CCC[C@]2(C)C(=O)OC)[C@H]1CCC1=CCOC1=O. The molecule has 0 aromatic rings.